The molecule has 1 saturated heterocycles. The highest BCUT2D eigenvalue weighted by atomic mass is 127. The number of urea groups is 1. The molecule has 1 atom stereocenters. The predicted octanol–water partition coefficient (Wildman–Crippen LogP) is -0.240. The van der Waals surface area contributed by atoms with Gasteiger partial charge in [0.25, 0.3) is 0 Å². The van der Waals surface area contributed by atoms with Crippen molar-refractivity contribution < 1.29 is 43.4 Å². The minimum Gasteiger partial charge on any atom is -0.495 e. The van der Waals surface area contributed by atoms with Crippen molar-refractivity contribution >= 4 is 69.9 Å². The van der Waals surface area contributed by atoms with Gasteiger partial charge in [0.05, 0.1) is 32.4 Å². The zero-order valence-electron chi connectivity index (χ0n) is 24.1. The number of nitrogens with one attached hydrogen (secondary N) is 5. The lowest BCUT2D eigenvalue weighted by Gasteiger charge is -2.34. The van der Waals surface area contributed by atoms with E-state index in [9.17, 15) is 33.6 Å². The molecule has 0 spiro atoms. The van der Waals surface area contributed by atoms with Gasteiger partial charge in [0.2, 0.25) is 29.5 Å². The normalized spacial score (nSPS) is 13.4. The third-order valence-electron chi connectivity index (χ3n) is 6.38. The second-order valence-corrected chi connectivity index (χ2v) is 10.8. The Hall–Kier alpha value is -4.94. The van der Waals surface area contributed by atoms with Crippen LogP contribution in [-0.4, -0.2) is 97.7 Å². The summed E-state index contributed by atoms with van der Waals surface area (Å²) in [6.45, 7) is -1.91. The molecule has 1 aliphatic rings. The number of benzene rings is 2. The maximum Gasteiger partial charge on any atom is 0.405 e. The van der Waals surface area contributed by atoms with Gasteiger partial charge in [-0.1, -0.05) is 30.3 Å². The predicted molar refractivity (Wildman–Crippen MR) is 167 cm³/mol. The highest BCUT2D eigenvalue weighted by Crippen LogP contribution is 2.32. The number of anilines is 1. The largest absolute Gasteiger partial charge is 0.495 e. The lowest BCUT2D eigenvalue weighted by Crippen LogP contribution is -2.56. The number of carbonyl (C=O) groups is 7. The number of amides is 8. The number of hydrogen-bond donors (Lipinski definition) is 6. The SMILES string of the molecule is COc1ccc(I)cc1N1CCC(=O)N(CNC(=O)CNC(=O)[C@H](Cc2ccccc2)NC(=O)CNC(=O)CNC(=O)O)C1=O. The van der Waals surface area contributed by atoms with Crippen LogP contribution in [0.4, 0.5) is 15.3 Å². The summed E-state index contributed by atoms with van der Waals surface area (Å²) in [5.74, 6) is -2.92. The second kappa shape index (κ2) is 16.8. The molecule has 0 aliphatic carbocycles. The molecule has 2 aromatic rings. The molecular weight excluding hydrogens is 705 g/mol. The summed E-state index contributed by atoms with van der Waals surface area (Å²) < 4.78 is 6.21. The number of nitrogens with zero attached hydrogens (tertiary/aromatic N) is 2. The number of carbonyl (C=O) groups excluding carboxylic acids is 6. The molecule has 8 amide bonds. The molecule has 0 aromatic heterocycles. The summed E-state index contributed by atoms with van der Waals surface area (Å²) in [7, 11) is 1.47. The van der Waals surface area contributed by atoms with Crippen LogP contribution in [-0.2, 0) is 30.4 Å². The monoisotopic (exact) mass is 737 g/mol. The van der Waals surface area contributed by atoms with Crippen LogP contribution in [0.15, 0.2) is 48.5 Å². The topological polar surface area (TPSA) is 216 Å². The van der Waals surface area contributed by atoms with Gasteiger partial charge in [0, 0.05) is 23.0 Å². The van der Waals surface area contributed by atoms with E-state index in [4.69, 9.17) is 9.84 Å². The van der Waals surface area contributed by atoms with E-state index in [1.54, 1.807) is 42.5 Å². The average molecular weight is 738 g/mol. The standard InChI is InChI=1S/C28H32IN7O9/c1-45-21-8-7-18(29)12-20(21)35-10-9-25(40)36(28(35)44)16-33-23(38)13-31-26(41)19(11-17-5-3-2-4-6-17)34-24(39)15-30-22(37)14-32-27(42)43/h2-8,12,19,32H,9-11,13-16H2,1H3,(H,30,37)(H,31,41)(H,33,38)(H,34,39)(H,42,43)/t19-/m0/s1. The van der Waals surface area contributed by atoms with Crippen LogP contribution in [0.5, 0.6) is 5.75 Å². The van der Waals surface area contributed by atoms with Crippen molar-refractivity contribution in [3.63, 3.8) is 0 Å². The molecule has 0 saturated carbocycles. The van der Waals surface area contributed by atoms with Gasteiger partial charge in [-0.15, -0.1) is 0 Å². The Morgan fingerprint density at radius 2 is 1.58 bits per heavy atom. The lowest BCUT2D eigenvalue weighted by atomic mass is 10.1. The van der Waals surface area contributed by atoms with E-state index < -0.39 is 74.0 Å². The van der Waals surface area contributed by atoms with E-state index in [0.717, 1.165) is 8.47 Å². The van der Waals surface area contributed by atoms with Gasteiger partial charge in [0.1, 0.15) is 18.5 Å². The van der Waals surface area contributed by atoms with E-state index in [1.807, 2.05) is 11.4 Å². The molecule has 1 fully saturated rings. The smallest absolute Gasteiger partial charge is 0.405 e. The first-order valence-electron chi connectivity index (χ1n) is 13.5. The number of ether oxygens (including phenoxy) is 1. The minimum atomic E-state index is -1.41. The van der Waals surface area contributed by atoms with Gasteiger partial charge in [0.15, 0.2) is 0 Å². The first-order chi connectivity index (χ1) is 21.5. The van der Waals surface area contributed by atoms with E-state index in [2.05, 4.69) is 43.9 Å². The Morgan fingerprint density at radius 1 is 0.911 bits per heavy atom. The Labute approximate surface area is 271 Å². The minimum absolute atomic E-state index is 0.0182. The Kier molecular flexibility index (Phi) is 12.9. The van der Waals surface area contributed by atoms with Crippen molar-refractivity contribution in [1.82, 2.24) is 31.5 Å². The summed E-state index contributed by atoms with van der Waals surface area (Å²) in [5.41, 5.74) is 1.18. The van der Waals surface area contributed by atoms with Crippen molar-refractivity contribution in [3.8, 4) is 5.75 Å². The zero-order chi connectivity index (χ0) is 32.9. The molecule has 1 aliphatic heterocycles. The Balaban J connectivity index is 1.56. The summed E-state index contributed by atoms with van der Waals surface area (Å²) in [4.78, 5) is 88.2. The van der Waals surface area contributed by atoms with E-state index >= 15 is 0 Å². The van der Waals surface area contributed by atoms with Crippen LogP contribution in [0.3, 0.4) is 0 Å². The Morgan fingerprint density at radius 3 is 2.27 bits per heavy atom. The fourth-order valence-electron chi connectivity index (χ4n) is 4.17. The average Bonchev–Trinajstić information content (AvgIpc) is 3.01. The van der Waals surface area contributed by atoms with Gasteiger partial charge in [-0.2, -0.15) is 0 Å². The molecule has 6 N–H and O–H groups in total. The van der Waals surface area contributed by atoms with Gasteiger partial charge >= 0.3 is 12.1 Å². The molecule has 1 heterocycles. The van der Waals surface area contributed by atoms with E-state index in [0.29, 0.717) is 17.0 Å². The van der Waals surface area contributed by atoms with E-state index in [1.165, 1.54) is 12.0 Å². The first-order valence-corrected chi connectivity index (χ1v) is 14.6. The molecule has 0 radical (unpaired) electrons. The van der Waals surface area contributed by atoms with Crippen LogP contribution < -0.4 is 36.2 Å². The van der Waals surface area contributed by atoms with Gasteiger partial charge in [-0.3, -0.25) is 28.9 Å². The highest BCUT2D eigenvalue weighted by Gasteiger charge is 2.34. The van der Waals surface area contributed by atoms with Crippen LogP contribution >= 0.6 is 22.6 Å². The molecule has 2 aromatic carbocycles. The zero-order valence-corrected chi connectivity index (χ0v) is 26.3. The molecule has 3 rings (SSSR count). The molecule has 17 heteroatoms. The maximum atomic E-state index is 13.2. The number of halogens is 1. The second-order valence-electron chi connectivity index (χ2n) is 9.54. The van der Waals surface area contributed by atoms with Gasteiger partial charge in [-0.05, 0) is 46.4 Å². The third kappa shape index (κ3) is 10.6. The molecule has 0 bridgehead atoms. The third-order valence-corrected chi connectivity index (χ3v) is 7.05. The number of rotatable bonds is 14. The van der Waals surface area contributed by atoms with Crippen molar-refractivity contribution in [2.45, 2.75) is 18.9 Å². The van der Waals surface area contributed by atoms with Crippen molar-refractivity contribution in [2.24, 2.45) is 0 Å². The maximum absolute atomic E-state index is 13.2. The quantitative estimate of drug-likeness (QED) is 0.141. The summed E-state index contributed by atoms with van der Waals surface area (Å²) in [6, 6.07) is 12.2. The number of imide groups is 1. The fraction of sp³-hybridized carbons (Fsp3) is 0.321. The molecule has 45 heavy (non-hydrogen) atoms. The first kappa shape index (κ1) is 34.5. The number of methoxy groups -OCH3 is 1. The molecule has 0 unspecified atom stereocenters. The number of carboxylic acid groups (broad SMARTS) is 1. The molecule has 16 nitrogen and oxygen atoms in total. The number of hydrogen-bond acceptors (Lipinski definition) is 8. The molecule has 240 valence electrons. The summed E-state index contributed by atoms with van der Waals surface area (Å²) in [6.07, 6.45) is -1.33. The van der Waals surface area contributed by atoms with Crippen LogP contribution in [0.25, 0.3) is 0 Å². The van der Waals surface area contributed by atoms with Crippen molar-refractivity contribution in [2.75, 3.05) is 44.9 Å². The van der Waals surface area contributed by atoms with Crippen molar-refractivity contribution in [3.05, 3.63) is 57.7 Å². The van der Waals surface area contributed by atoms with Crippen LogP contribution in [0.1, 0.15) is 12.0 Å². The van der Waals surface area contributed by atoms with Crippen molar-refractivity contribution in [1.29, 1.82) is 0 Å². The lowest BCUT2D eigenvalue weighted by molar-refractivity contribution is -0.132. The van der Waals surface area contributed by atoms with Crippen LogP contribution in [0, 0.1) is 3.57 Å². The Bertz CT molecular complexity index is 1440. The highest BCUT2D eigenvalue weighted by molar-refractivity contribution is 14.1. The van der Waals surface area contributed by atoms with E-state index in [-0.39, 0.29) is 19.4 Å². The fourth-order valence-corrected chi connectivity index (χ4v) is 4.64. The van der Waals surface area contributed by atoms with Gasteiger partial charge < -0.3 is 36.4 Å². The summed E-state index contributed by atoms with van der Waals surface area (Å²) in [5, 5.41) is 20.0. The van der Waals surface area contributed by atoms with Gasteiger partial charge in [-0.25, -0.2) is 14.5 Å². The summed E-state index contributed by atoms with van der Waals surface area (Å²) >= 11 is 2.09. The molecular formula is C28H32IN7O9. The van der Waals surface area contributed by atoms with Crippen LogP contribution in [0.2, 0.25) is 0 Å².